The number of ether oxygens (including phenoxy) is 3. The first-order valence-electron chi connectivity index (χ1n) is 12.2. The third kappa shape index (κ3) is 7.10. The number of rotatable bonds is 12. The third-order valence-electron chi connectivity index (χ3n) is 6.38. The van der Waals surface area contributed by atoms with E-state index in [1.54, 1.807) is 0 Å². The van der Waals surface area contributed by atoms with Crippen LogP contribution in [-0.4, -0.2) is 54.1 Å². The van der Waals surface area contributed by atoms with Gasteiger partial charge in [-0.25, -0.2) is 0 Å². The van der Waals surface area contributed by atoms with Crippen molar-refractivity contribution in [2.75, 3.05) is 19.7 Å². The Morgan fingerprint density at radius 2 is 1.17 bits per heavy atom. The number of piperidine rings is 1. The topological polar surface area (TPSA) is 51.2 Å². The maximum atomic E-state index is 10.4. The highest BCUT2D eigenvalue weighted by Gasteiger charge is 2.45. The summed E-state index contributed by atoms with van der Waals surface area (Å²) < 4.78 is 19.5. The molecule has 1 heterocycles. The van der Waals surface area contributed by atoms with E-state index >= 15 is 0 Å². The molecule has 4 rings (SSSR count). The molecule has 5 nitrogen and oxygen atoms in total. The smallest absolute Gasteiger partial charge is 0.113 e. The highest BCUT2D eigenvalue weighted by Crippen LogP contribution is 2.28. The van der Waals surface area contributed by atoms with Crippen LogP contribution in [0.1, 0.15) is 16.7 Å². The molecule has 0 saturated carbocycles. The molecule has 35 heavy (non-hydrogen) atoms. The van der Waals surface area contributed by atoms with E-state index in [0.29, 0.717) is 32.9 Å². The standard InChI is InChI=1S/C30H35NO4/c1-2-18-31-19-28(33-21-24-12-6-3-7-13-24)30(35-23-26-16-10-5-11-17-26)29(27(31)20-32)34-22-25-14-8-4-9-15-25/h2-17,27-30,32H,1,18-23H2/t27-,28+,29-,30-/m1/s1. The quantitative estimate of drug-likeness (QED) is 0.390. The van der Waals surface area contributed by atoms with Crippen LogP contribution in [0.3, 0.4) is 0 Å². The van der Waals surface area contributed by atoms with Gasteiger partial charge >= 0.3 is 0 Å². The van der Waals surface area contributed by atoms with E-state index in [9.17, 15) is 5.11 Å². The van der Waals surface area contributed by atoms with Crippen LogP contribution in [0, 0.1) is 0 Å². The number of aliphatic hydroxyl groups is 1. The third-order valence-corrected chi connectivity index (χ3v) is 6.38. The van der Waals surface area contributed by atoms with Crippen molar-refractivity contribution in [3.63, 3.8) is 0 Å². The molecule has 0 aliphatic carbocycles. The van der Waals surface area contributed by atoms with Gasteiger partial charge in [-0.3, -0.25) is 4.90 Å². The molecule has 4 atom stereocenters. The predicted molar refractivity (Wildman–Crippen MR) is 138 cm³/mol. The van der Waals surface area contributed by atoms with E-state index < -0.39 is 0 Å². The van der Waals surface area contributed by atoms with E-state index in [1.807, 2.05) is 72.8 Å². The van der Waals surface area contributed by atoms with Crippen LogP contribution in [0.4, 0.5) is 0 Å². The van der Waals surface area contributed by atoms with Gasteiger partial charge in [0.2, 0.25) is 0 Å². The Morgan fingerprint density at radius 3 is 1.63 bits per heavy atom. The van der Waals surface area contributed by atoms with Crippen LogP contribution in [0.25, 0.3) is 0 Å². The summed E-state index contributed by atoms with van der Waals surface area (Å²) in [4.78, 5) is 2.18. The van der Waals surface area contributed by atoms with Crippen molar-refractivity contribution in [1.82, 2.24) is 4.90 Å². The lowest BCUT2D eigenvalue weighted by Crippen LogP contribution is -2.64. The Kier molecular flexibility index (Phi) is 9.64. The summed E-state index contributed by atoms with van der Waals surface area (Å²) in [6.07, 6.45) is 0.901. The largest absolute Gasteiger partial charge is 0.395 e. The van der Waals surface area contributed by atoms with Crippen LogP contribution in [-0.2, 0) is 34.0 Å². The van der Waals surface area contributed by atoms with Gasteiger partial charge in [0, 0.05) is 13.1 Å². The van der Waals surface area contributed by atoms with Gasteiger partial charge in [-0.2, -0.15) is 0 Å². The first-order chi connectivity index (χ1) is 17.3. The molecule has 1 N–H and O–H groups in total. The fourth-order valence-corrected chi connectivity index (χ4v) is 4.57. The first-order valence-corrected chi connectivity index (χ1v) is 12.2. The molecule has 0 spiro atoms. The molecule has 1 aliphatic heterocycles. The summed E-state index contributed by atoms with van der Waals surface area (Å²) >= 11 is 0. The molecule has 1 fully saturated rings. The summed E-state index contributed by atoms with van der Waals surface area (Å²) in [6.45, 7) is 6.49. The summed E-state index contributed by atoms with van der Waals surface area (Å²) in [5.74, 6) is 0. The average molecular weight is 474 g/mol. The van der Waals surface area contributed by atoms with E-state index in [2.05, 4.69) is 35.7 Å². The van der Waals surface area contributed by atoms with Crippen molar-refractivity contribution >= 4 is 0 Å². The SMILES string of the molecule is C=CCN1C[C@H](OCc2ccccc2)[C@@H](OCc2ccccc2)[C@H](OCc2ccccc2)[C@H]1CO. The van der Waals surface area contributed by atoms with Gasteiger partial charge in [0.1, 0.15) is 12.2 Å². The predicted octanol–water partition coefficient (Wildman–Crippen LogP) is 4.61. The van der Waals surface area contributed by atoms with Gasteiger partial charge in [-0.05, 0) is 16.7 Å². The Hall–Kier alpha value is -2.80. The Balaban J connectivity index is 1.57. The van der Waals surface area contributed by atoms with Crippen LogP contribution < -0.4 is 0 Å². The second-order valence-electron chi connectivity index (χ2n) is 8.85. The molecule has 3 aromatic rings. The number of hydrogen-bond donors (Lipinski definition) is 1. The van der Waals surface area contributed by atoms with E-state index in [1.165, 1.54) is 0 Å². The minimum absolute atomic E-state index is 0.0378. The molecular weight excluding hydrogens is 438 g/mol. The van der Waals surface area contributed by atoms with Crippen molar-refractivity contribution in [3.8, 4) is 0 Å². The number of likely N-dealkylation sites (tertiary alicyclic amines) is 1. The molecule has 0 bridgehead atoms. The van der Waals surface area contributed by atoms with E-state index in [-0.39, 0.29) is 31.0 Å². The van der Waals surface area contributed by atoms with Gasteiger partial charge in [0.25, 0.3) is 0 Å². The zero-order valence-corrected chi connectivity index (χ0v) is 20.1. The maximum absolute atomic E-state index is 10.4. The van der Waals surface area contributed by atoms with Gasteiger partial charge in [0.05, 0.1) is 38.6 Å². The fraction of sp³-hybridized carbons (Fsp3) is 0.333. The number of hydrogen-bond acceptors (Lipinski definition) is 5. The summed E-state index contributed by atoms with van der Waals surface area (Å²) in [7, 11) is 0. The lowest BCUT2D eigenvalue weighted by Gasteiger charge is -2.47. The highest BCUT2D eigenvalue weighted by molar-refractivity contribution is 5.16. The number of aliphatic hydroxyl groups excluding tert-OH is 1. The maximum Gasteiger partial charge on any atom is 0.113 e. The lowest BCUT2D eigenvalue weighted by atomic mass is 9.93. The Labute approximate surface area is 208 Å². The average Bonchev–Trinajstić information content (AvgIpc) is 2.91. The molecule has 184 valence electrons. The zero-order chi connectivity index (χ0) is 24.3. The second kappa shape index (κ2) is 13.3. The summed E-state index contributed by atoms with van der Waals surface area (Å²) in [5.41, 5.74) is 3.27. The second-order valence-corrected chi connectivity index (χ2v) is 8.85. The molecule has 5 heteroatoms. The van der Waals surface area contributed by atoms with Crippen LogP contribution in [0.2, 0.25) is 0 Å². The zero-order valence-electron chi connectivity index (χ0n) is 20.1. The lowest BCUT2D eigenvalue weighted by molar-refractivity contribution is -0.206. The number of benzene rings is 3. The van der Waals surface area contributed by atoms with Crippen molar-refractivity contribution in [3.05, 3.63) is 120 Å². The van der Waals surface area contributed by atoms with Crippen LogP contribution in [0.5, 0.6) is 0 Å². The molecule has 0 amide bonds. The minimum atomic E-state index is -0.376. The molecule has 1 saturated heterocycles. The summed E-state index contributed by atoms with van der Waals surface area (Å²) in [6, 6.07) is 30.1. The van der Waals surface area contributed by atoms with Crippen LogP contribution >= 0.6 is 0 Å². The van der Waals surface area contributed by atoms with E-state index in [0.717, 1.165) is 16.7 Å². The highest BCUT2D eigenvalue weighted by atomic mass is 16.6. The fourth-order valence-electron chi connectivity index (χ4n) is 4.57. The van der Waals surface area contributed by atoms with Crippen molar-refractivity contribution in [2.45, 2.75) is 44.2 Å². The van der Waals surface area contributed by atoms with Gasteiger partial charge in [0.15, 0.2) is 0 Å². The van der Waals surface area contributed by atoms with Crippen molar-refractivity contribution < 1.29 is 19.3 Å². The molecule has 3 aromatic carbocycles. The molecule has 0 unspecified atom stereocenters. The van der Waals surface area contributed by atoms with Crippen molar-refractivity contribution in [1.29, 1.82) is 0 Å². The molecule has 0 aromatic heterocycles. The van der Waals surface area contributed by atoms with Gasteiger partial charge in [-0.1, -0.05) is 97.1 Å². The normalized spacial score (nSPS) is 22.7. The van der Waals surface area contributed by atoms with E-state index in [4.69, 9.17) is 14.2 Å². The Bertz CT molecular complexity index is 999. The number of nitrogens with zero attached hydrogens (tertiary/aromatic N) is 1. The Morgan fingerprint density at radius 1 is 0.714 bits per heavy atom. The first kappa shape index (κ1) is 25.3. The van der Waals surface area contributed by atoms with Gasteiger partial charge < -0.3 is 19.3 Å². The van der Waals surface area contributed by atoms with Crippen LogP contribution in [0.15, 0.2) is 104 Å². The minimum Gasteiger partial charge on any atom is -0.395 e. The van der Waals surface area contributed by atoms with Gasteiger partial charge in [-0.15, -0.1) is 6.58 Å². The molecule has 0 radical (unpaired) electrons. The molecule has 1 aliphatic rings. The summed E-state index contributed by atoms with van der Waals surface area (Å²) in [5, 5.41) is 10.4. The molecular formula is C30H35NO4. The monoisotopic (exact) mass is 473 g/mol. The van der Waals surface area contributed by atoms with Crippen molar-refractivity contribution in [2.24, 2.45) is 0 Å².